The first kappa shape index (κ1) is 15.6. The van der Waals surface area contributed by atoms with E-state index < -0.39 is 0 Å². The van der Waals surface area contributed by atoms with Gasteiger partial charge in [0.05, 0.1) is 5.71 Å². The molecule has 0 bridgehead atoms. The van der Waals surface area contributed by atoms with E-state index in [1.54, 1.807) is 12.1 Å². The highest BCUT2D eigenvalue weighted by atomic mass is 32.1. The predicted molar refractivity (Wildman–Crippen MR) is 94.9 cm³/mol. The van der Waals surface area contributed by atoms with Crippen LogP contribution in [0.4, 0.5) is 4.39 Å². The summed E-state index contributed by atoms with van der Waals surface area (Å²) >= 11 is 5.24. The van der Waals surface area contributed by atoms with Gasteiger partial charge in [0.15, 0.2) is 5.11 Å². The maximum Gasteiger partial charge on any atom is 0.187 e. The van der Waals surface area contributed by atoms with E-state index in [0.29, 0.717) is 11.7 Å². The van der Waals surface area contributed by atoms with Crippen LogP contribution >= 0.6 is 12.2 Å². The van der Waals surface area contributed by atoms with Crippen molar-refractivity contribution in [3.8, 4) is 0 Å². The maximum atomic E-state index is 12.9. The Balaban J connectivity index is 1.57. The predicted octanol–water partition coefficient (Wildman–Crippen LogP) is 3.53. The summed E-state index contributed by atoms with van der Waals surface area (Å²) in [4.78, 5) is 0. The van der Waals surface area contributed by atoms with Crippen molar-refractivity contribution in [2.45, 2.75) is 25.8 Å². The number of thiocarbonyl (C=S) groups is 1. The molecule has 0 fully saturated rings. The average molecular weight is 327 g/mol. The Kier molecular flexibility index (Phi) is 4.98. The molecular formula is C18H18FN3S. The highest BCUT2D eigenvalue weighted by molar-refractivity contribution is 7.80. The molecular weight excluding hydrogens is 309 g/mol. The molecule has 0 aromatic heterocycles. The Hall–Kier alpha value is -2.27. The topological polar surface area (TPSA) is 36.4 Å². The second kappa shape index (κ2) is 7.33. The second-order valence-electron chi connectivity index (χ2n) is 5.49. The van der Waals surface area contributed by atoms with Gasteiger partial charge >= 0.3 is 0 Å². The van der Waals surface area contributed by atoms with Crippen LogP contribution in [-0.4, -0.2) is 10.8 Å². The number of hydrogen-bond donors (Lipinski definition) is 2. The fraction of sp³-hybridized carbons (Fsp3) is 0.222. The minimum Gasteiger partial charge on any atom is -0.357 e. The number of halogens is 1. The minimum absolute atomic E-state index is 0.239. The molecule has 0 radical (unpaired) electrons. The molecule has 0 heterocycles. The molecule has 2 aromatic carbocycles. The Labute approximate surface area is 140 Å². The molecule has 5 heteroatoms. The number of fused-ring (bicyclic) bond motifs is 1. The molecule has 118 valence electrons. The molecule has 3 nitrogen and oxygen atoms in total. The molecule has 0 aliphatic heterocycles. The number of nitrogens with one attached hydrogen (secondary N) is 2. The third kappa shape index (κ3) is 4.13. The summed E-state index contributed by atoms with van der Waals surface area (Å²) < 4.78 is 12.9. The largest absolute Gasteiger partial charge is 0.357 e. The van der Waals surface area contributed by atoms with Gasteiger partial charge in [-0.3, -0.25) is 5.43 Å². The molecule has 0 spiro atoms. The lowest BCUT2D eigenvalue weighted by Crippen LogP contribution is -2.32. The van der Waals surface area contributed by atoms with Crippen LogP contribution < -0.4 is 10.7 Å². The Bertz CT molecular complexity index is 725. The van der Waals surface area contributed by atoms with Gasteiger partial charge in [0.25, 0.3) is 0 Å². The second-order valence-corrected chi connectivity index (χ2v) is 5.90. The molecule has 1 aliphatic rings. The summed E-state index contributed by atoms with van der Waals surface area (Å²) in [5, 5.41) is 7.99. The van der Waals surface area contributed by atoms with E-state index >= 15 is 0 Å². The Morgan fingerprint density at radius 3 is 2.70 bits per heavy atom. The van der Waals surface area contributed by atoms with Gasteiger partial charge in [-0.25, -0.2) is 4.39 Å². The molecule has 3 rings (SSSR count). The van der Waals surface area contributed by atoms with Crippen LogP contribution in [0, 0.1) is 5.82 Å². The van der Waals surface area contributed by atoms with Gasteiger partial charge < -0.3 is 5.32 Å². The zero-order chi connectivity index (χ0) is 16.1. The van der Waals surface area contributed by atoms with Crippen molar-refractivity contribution in [1.29, 1.82) is 0 Å². The van der Waals surface area contributed by atoms with Gasteiger partial charge in [0, 0.05) is 12.1 Å². The molecule has 0 saturated heterocycles. The summed E-state index contributed by atoms with van der Waals surface area (Å²) in [6.07, 6.45) is 3.15. The average Bonchev–Trinajstić information content (AvgIpc) is 2.59. The van der Waals surface area contributed by atoms with E-state index in [9.17, 15) is 4.39 Å². The number of hydrogen-bond acceptors (Lipinski definition) is 2. The number of hydrazone groups is 1. The van der Waals surface area contributed by atoms with Crippen molar-refractivity contribution in [3.05, 3.63) is 71.0 Å². The smallest absolute Gasteiger partial charge is 0.187 e. The lowest BCUT2D eigenvalue weighted by atomic mass is 9.90. The zero-order valence-electron chi connectivity index (χ0n) is 12.7. The lowest BCUT2D eigenvalue weighted by Gasteiger charge is -2.17. The molecule has 23 heavy (non-hydrogen) atoms. The van der Waals surface area contributed by atoms with Crippen molar-refractivity contribution in [3.63, 3.8) is 0 Å². The van der Waals surface area contributed by atoms with Crippen LogP contribution in [0.2, 0.25) is 0 Å². The van der Waals surface area contributed by atoms with E-state index in [2.05, 4.69) is 34.0 Å². The van der Waals surface area contributed by atoms with Crippen LogP contribution in [0.25, 0.3) is 0 Å². The Morgan fingerprint density at radius 2 is 1.87 bits per heavy atom. The van der Waals surface area contributed by atoms with Gasteiger partial charge in [-0.1, -0.05) is 36.4 Å². The summed E-state index contributed by atoms with van der Waals surface area (Å²) in [5.41, 5.74) is 7.45. The standard InChI is InChI=1S/C18H18FN3S/c19-15-10-8-13(9-11-15)12-20-18(23)22-21-17-7-3-5-14-4-1-2-6-16(14)17/h1-2,4,6,8-11H,3,5,7,12H2,(H2,20,22,23)/b21-17-. The van der Waals surface area contributed by atoms with E-state index in [-0.39, 0.29) is 5.82 Å². The molecule has 2 N–H and O–H groups in total. The van der Waals surface area contributed by atoms with Gasteiger partial charge in [0.1, 0.15) is 5.82 Å². The monoisotopic (exact) mass is 327 g/mol. The molecule has 0 amide bonds. The van der Waals surface area contributed by atoms with Crippen LogP contribution in [0.3, 0.4) is 0 Å². The van der Waals surface area contributed by atoms with Gasteiger partial charge in [-0.2, -0.15) is 5.10 Å². The minimum atomic E-state index is -0.239. The summed E-state index contributed by atoms with van der Waals surface area (Å²) in [6.45, 7) is 0.535. The Morgan fingerprint density at radius 1 is 1.09 bits per heavy atom. The zero-order valence-corrected chi connectivity index (χ0v) is 13.5. The molecule has 2 aromatic rings. The van der Waals surface area contributed by atoms with Gasteiger partial charge in [0.2, 0.25) is 0 Å². The highest BCUT2D eigenvalue weighted by Gasteiger charge is 2.14. The first-order valence-electron chi connectivity index (χ1n) is 7.65. The van der Waals surface area contributed by atoms with Crippen molar-refractivity contribution < 1.29 is 4.39 Å². The molecule has 0 atom stereocenters. The highest BCUT2D eigenvalue weighted by Crippen LogP contribution is 2.21. The third-order valence-electron chi connectivity index (χ3n) is 3.85. The van der Waals surface area contributed by atoms with Gasteiger partial charge in [-0.05, 0) is 54.7 Å². The van der Waals surface area contributed by atoms with E-state index in [0.717, 1.165) is 30.5 Å². The van der Waals surface area contributed by atoms with Crippen LogP contribution in [0.5, 0.6) is 0 Å². The number of nitrogens with zero attached hydrogens (tertiary/aromatic N) is 1. The molecule has 0 saturated carbocycles. The summed E-state index contributed by atoms with van der Waals surface area (Å²) in [7, 11) is 0. The quantitative estimate of drug-likeness (QED) is 0.669. The molecule has 0 unspecified atom stereocenters. The molecule has 1 aliphatic carbocycles. The normalized spacial score (nSPS) is 15.1. The summed E-state index contributed by atoms with van der Waals surface area (Å²) in [5.74, 6) is -0.239. The van der Waals surface area contributed by atoms with Crippen molar-refractivity contribution in [2.75, 3.05) is 0 Å². The lowest BCUT2D eigenvalue weighted by molar-refractivity contribution is 0.626. The van der Waals surface area contributed by atoms with E-state index in [1.807, 2.05) is 6.07 Å². The van der Waals surface area contributed by atoms with E-state index in [1.165, 1.54) is 23.3 Å². The van der Waals surface area contributed by atoms with Crippen molar-refractivity contribution in [1.82, 2.24) is 10.7 Å². The van der Waals surface area contributed by atoms with Crippen molar-refractivity contribution >= 4 is 23.0 Å². The first-order valence-corrected chi connectivity index (χ1v) is 8.06. The van der Waals surface area contributed by atoms with Crippen LogP contribution in [0.1, 0.15) is 29.5 Å². The van der Waals surface area contributed by atoms with Crippen LogP contribution in [0.15, 0.2) is 53.6 Å². The van der Waals surface area contributed by atoms with Crippen LogP contribution in [-0.2, 0) is 13.0 Å². The van der Waals surface area contributed by atoms with Gasteiger partial charge in [-0.15, -0.1) is 0 Å². The third-order valence-corrected chi connectivity index (χ3v) is 4.08. The number of benzene rings is 2. The number of aryl methyl sites for hydroxylation is 1. The fourth-order valence-corrected chi connectivity index (χ4v) is 2.78. The fourth-order valence-electron chi connectivity index (χ4n) is 2.66. The maximum absolute atomic E-state index is 12.9. The number of rotatable bonds is 3. The van der Waals surface area contributed by atoms with Crippen molar-refractivity contribution in [2.24, 2.45) is 5.10 Å². The first-order chi connectivity index (χ1) is 11.2. The summed E-state index contributed by atoms with van der Waals surface area (Å²) in [6, 6.07) is 14.7. The van der Waals surface area contributed by atoms with E-state index in [4.69, 9.17) is 12.2 Å². The SMILES string of the molecule is Fc1ccc(CNC(=S)N/N=C2/CCCc3ccccc32)cc1.